The summed E-state index contributed by atoms with van der Waals surface area (Å²) in [4.78, 5) is 20.2. The van der Waals surface area contributed by atoms with E-state index < -0.39 is 5.82 Å². The number of rotatable bonds is 4. The van der Waals surface area contributed by atoms with E-state index in [0.29, 0.717) is 28.8 Å². The molecule has 1 fully saturated rings. The van der Waals surface area contributed by atoms with Gasteiger partial charge in [-0.2, -0.15) is 0 Å². The molecule has 0 saturated heterocycles. The van der Waals surface area contributed by atoms with Crippen molar-refractivity contribution in [3.8, 4) is 11.3 Å². The fourth-order valence-electron chi connectivity index (χ4n) is 3.07. The summed E-state index contributed by atoms with van der Waals surface area (Å²) < 4.78 is 13.5. The van der Waals surface area contributed by atoms with Crippen molar-refractivity contribution < 1.29 is 9.18 Å². The maximum atomic E-state index is 13.5. The van der Waals surface area contributed by atoms with Gasteiger partial charge in [0.15, 0.2) is 0 Å². The Morgan fingerprint density at radius 3 is 2.72 bits per heavy atom. The third-order valence-electron chi connectivity index (χ3n) is 4.33. The van der Waals surface area contributed by atoms with Gasteiger partial charge in [-0.05, 0) is 43.9 Å². The van der Waals surface area contributed by atoms with Crippen molar-refractivity contribution in [3.05, 3.63) is 36.4 Å². The molecule has 0 radical (unpaired) electrons. The molecule has 1 aromatic heterocycles. The highest BCUT2D eigenvalue weighted by Gasteiger charge is 2.19. The van der Waals surface area contributed by atoms with Gasteiger partial charge in [0, 0.05) is 24.6 Å². The van der Waals surface area contributed by atoms with Crippen LogP contribution in [0.3, 0.4) is 0 Å². The fourth-order valence-corrected chi connectivity index (χ4v) is 3.07. The minimum Gasteiger partial charge on any atom is -0.366 e. The van der Waals surface area contributed by atoms with Crippen LogP contribution in [0.2, 0.25) is 0 Å². The molecule has 6 nitrogen and oxygen atoms in total. The number of nitrogens with one attached hydrogen (secondary N) is 2. The normalized spacial score (nSPS) is 20.1. The Kier molecular flexibility index (Phi) is 5.23. The molecule has 1 aliphatic carbocycles. The molecular weight excluding hydrogens is 321 g/mol. The molecule has 1 aliphatic rings. The molecular formula is C18H22FN5O. The Morgan fingerprint density at radius 1 is 1.24 bits per heavy atom. The second-order valence-electron chi connectivity index (χ2n) is 6.42. The van der Waals surface area contributed by atoms with Crippen molar-refractivity contribution in [2.24, 2.45) is 5.73 Å². The summed E-state index contributed by atoms with van der Waals surface area (Å²) in [6.07, 6.45) is 7.26. The predicted octanol–water partition coefficient (Wildman–Crippen LogP) is 2.92. The van der Waals surface area contributed by atoms with Crippen LogP contribution in [0.1, 0.15) is 32.6 Å². The number of amides is 1. The van der Waals surface area contributed by atoms with Crippen LogP contribution < -0.4 is 16.4 Å². The average molecular weight is 343 g/mol. The summed E-state index contributed by atoms with van der Waals surface area (Å²) in [7, 11) is 0. The molecule has 1 amide bonds. The van der Waals surface area contributed by atoms with Gasteiger partial charge in [0.25, 0.3) is 0 Å². The molecule has 4 N–H and O–H groups in total. The minimum absolute atomic E-state index is 0.271. The highest BCUT2D eigenvalue weighted by atomic mass is 19.1. The first-order valence-electron chi connectivity index (χ1n) is 8.43. The first kappa shape index (κ1) is 17.3. The van der Waals surface area contributed by atoms with Crippen LogP contribution in [0.5, 0.6) is 0 Å². The first-order chi connectivity index (χ1) is 12.0. The molecule has 2 aromatic rings. The van der Waals surface area contributed by atoms with E-state index in [4.69, 9.17) is 5.73 Å². The largest absolute Gasteiger partial charge is 0.366 e. The van der Waals surface area contributed by atoms with Crippen LogP contribution in [-0.4, -0.2) is 28.0 Å². The van der Waals surface area contributed by atoms with Gasteiger partial charge in [-0.15, -0.1) is 0 Å². The van der Waals surface area contributed by atoms with Gasteiger partial charge in [0.1, 0.15) is 11.6 Å². The zero-order valence-electron chi connectivity index (χ0n) is 14.1. The maximum absolute atomic E-state index is 13.5. The zero-order valence-corrected chi connectivity index (χ0v) is 14.1. The number of halogens is 1. The lowest BCUT2D eigenvalue weighted by molar-refractivity contribution is -0.114. The van der Waals surface area contributed by atoms with Crippen molar-refractivity contribution in [1.82, 2.24) is 9.97 Å². The summed E-state index contributed by atoms with van der Waals surface area (Å²) in [5.41, 5.74) is 7.51. The van der Waals surface area contributed by atoms with Gasteiger partial charge in [-0.25, -0.2) is 9.37 Å². The van der Waals surface area contributed by atoms with Crippen LogP contribution in [-0.2, 0) is 4.79 Å². The van der Waals surface area contributed by atoms with Gasteiger partial charge in [-0.1, -0.05) is 0 Å². The van der Waals surface area contributed by atoms with E-state index in [2.05, 4.69) is 20.6 Å². The van der Waals surface area contributed by atoms with E-state index in [-0.39, 0.29) is 11.9 Å². The molecule has 0 unspecified atom stereocenters. The topological polar surface area (TPSA) is 92.9 Å². The SMILES string of the molecule is CC(=O)Nc1cc(F)ccc1-c1cncc(NC2CCC(N)CC2)n1. The summed E-state index contributed by atoms with van der Waals surface area (Å²) in [5.74, 6) is -0.0306. The highest BCUT2D eigenvalue weighted by Crippen LogP contribution is 2.28. The van der Waals surface area contributed by atoms with Gasteiger partial charge < -0.3 is 16.4 Å². The number of carbonyl (C=O) groups is 1. The van der Waals surface area contributed by atoms with Crippen LogP contribution in [0.25, 0.3) is 11.3 Å². The smallest absolute Gasteiger partial charge is 0.221 e. The van der Waals surface area contributed by atoms with Crippen LogP contribution >= 0.6 is 0 Å². The van der Waals surface area contributed by atoms with Crippen LogP contribution in [0, 0.1) is 5.82 Å². The molecule has 1 heterocycles. The Morgan fingerprint density at radius 2 is 2.00 bits per heavy atom. The van der Waals surface area contributed by atoms with Gasteiger partial charge >= 0.3 is 0 Å². The monoisotopic (exact) mass is 343 g/mol. The van der Waals surface area contributed by atoms with E-state index in [0.717, 1.165) is 25.7 Å². The van der Waals surface area contributed by atoms with E-state index in [1.807, 2.05) is 0 Å². The molecule has 1 aromatic carbocycles. The molecule has 0 atom stereocenters. The van der Waals surface area contributed by atoms with Gasteiger partial charge in [0.05, 0.1) is 23.8 Å². The maximum Gasteiger partial charge on any atom is 0.221 e. The molecule has 1 saturated carbocycles. The summed E-state index contributed by atoms with van der Waals surface area (Å²) >= 11 is 0. The van der Waals surface area contributed by atoms with Crippen molar-refractivity contribution in [3.63, 3.8) is 0 Å². The number of nitrogens with zero attached hydrogens (tertiary/aromatic N) is 2. The second-order valence-corrected chi connectivity index (χ2v) is 6.42. The molecule has 7 heteroatoms. The Bertz CT molecular complexity index is 759. The van der Waals surface area contributed by atoms with E-state index in [1.165, 1.54) is 19.1 Å². The fraction of sp³-hybridized carbons (Fsp3) is 0.389. The Labute approximate surface area is 146 Å². The molecule has 0 aliphatic heterocycles. The average Bonchev–Trinajstić information content (AvgIpc) is 2.57. The number of nitrogens with two attached hydrogens (primary N) is 1. The van der Waals surface area contributed by atoms with Crippen LogP contribution in [0.15, 0.2) is 30.6 Å². The van der Waals surface area contributed by atoms with E-state index in [9.17, 15) is 9.18 Å². The zero-order chi connectivity index (χ0) is 17.8. The molecule has 3 rings (SSSR count). The predicted molar refractivity (Wildman–Crippen MR) is 95.6 cm³/mol. The van der Waals surface area contributed by atoms with Crippen molar-refractivity contribution >= 4 is 17.4 Å². The number of benzene rings is 1. The van der Waals surface area contributed by atoms with Crippen molar-refractivity contribution in [1.29, 1.82) is 0 Å². The lowest BCUT2D eigenvalue weighted by Crippen LogP contribution is -2.33. The second kappa shape index (κ2) is 7.57. The van der Waals surface area contributed by atoms with E-state index >= 15 is 0 Å². The summed E-state index contributed by atoms with van der Waals surface area (Å²) in [5, 5.41) is 6.03. The summed E-state index contributed by atoms with van der Waals surface area (Å²) in [6.45, 7) is 1.38. The Hall–Kier alpha value is -2.54. The molecule has 0 bridgehead atoms. The number of carbonyl (C=O) groups excluding carboxylic acids is 1. The van der Waals surface area contributed by atoms with Gasteiger partial charge in [-0.3, -0.25) is 9.78 Å². The van der Waals surface area contributed by atoms with E-state index in [1.54, 1.807) is 18.5 Å². The third kappa shape index (κ3) is 4.51. The lowest BCUT2D eigenvalue weighted by Gasteiger charge is -2.27. The molecule has 25 heavy (non-hydrogen) atoms. The lowest BCUT2D eigenvalue weighted by atomic mass is 9.92. The quantitative estimate of drug-likeness (QED) is 0.794. The number of aromatic nitrogens is 2. The summed E-state index contributed by atoms with van der Waals surface area (Å²) in [6, 6.07) is 4.82. The number of hydrogen-bond acceptors (Lipinski definition) is 5. The molecule has 0 spiro atoms. The standard InChI is InChI=1S/C18H22FN5O/c1-11(25)22-16-8-12(19)2-7-15(16)17-9-21-10-18(24-17)23-14-5-3-13(20)4-6-14/h2,7-10,13-14H,3-6,20H2,1H3,(H,22,25)(H,23,24). The minimum atomic E-state index is -0.423. The van der Waals surface area contributed by atoms with Crippen molar-refractivity contribution in [2.75, 3.05) is 10.6 Å². The van der Waals surface area contributed by atoms with Crippen LogP contribution in [0.4, 0.5) is 15.9 Å². The van der Waals surface area contributed by atoms with Crippen molar-refractivity contribution in [2.45, 2.75) is 44.7 Å². The van der Waals surface area contributed by atoms with Gasteiger partial charge in [0.2, 0.25) is 5.91 Å². The third-order valence-corrected chi connectivity index (χ3v) is 4.33. The highest BCUT2D eigenvalue weighted by molar-refractivity contribution is 5.93. The Balaban J connectivity index is 1.83. The number of anilines is 2. The number of hydrogen-bond donors (Lipinski definition) is 3. The molecule has 132 valence electrons. The first-order valence-corrected chi connectivity index (χ1v) is 8.43.